The van der Waals surface area contributed by atoms with E-state index in [1.807, 2.05) is 6.92 Å². The summed E-state index contributed by atoms with van der Waals surface area (Å²) in [5.41, 5.74) is 2.88. The molecule has 1 unspecified atom stereocenters. The minimum absolute atomic E-state index is 0.0351. The number of anilines is 1. The van der Waals surface area contributed by atoms with Crippen LogP contribution in [-0.4, -0.2) is 43.6 Å². The van der Waals surface area contributed by atoms with Crippen LogP contribution >= 0.6 is 0 Å². The monoisotopic (exact) mass is 543 g/mol. The molecule has 208 valence electrons. The Hall–Kier alpha value is -4.59. The van der Waals surface area contributed by atoms with Gasteiger partial charge in [-0.3, -0.25) is 19.3 Å². The van der Waals surface area contributed by atoms with Gasteiger partial charge in [0.2, 0.25) is 0 Å². The first kappa shape index (κ1) is 28.4. The predicted molar refractivity (Wildman–Crippen MR) is 151 cm³/mol. The first-order valence-corrected chi connectivity index (χ1v) is 13.0. The van der Waals surface area contributed by atoms with Crippen molar-refractivity contribution >= 4 is 29.1 Å². The van der Waals surface area contributed by atoms with Crippen LogP contribution in [0.4, 0.5) is 5.69 Å². The number of ketones is 1. The SMILES string of the molecule is COC(=O)Cc1ccc(N2C(=O)C(=O)/C(=C(\O)c3ccc(OCC(C)C)c(C)c3)C2c2cccc(OC)c2)cc1. The number of carbonyl (C=O) groups excluding carboxylic acids is 3. The van der Waals surface area contributed by atoms with Gasteiger partial charge in [-0.2, -0.15) is 0 Å². The maximum atomic E-state index is 13.5. The Labute approximate surface area is 233 Å². The first-order chi connectivity index (χ1) is 19.1. The molecular weight excluding hydrogens is 510 g/mol. The van der Waals surface area contributed by atoms with E-state index in [0.717, 1.165) is 5.56 Å². The Bertz CT molecular complexity index is 1460. The minimum atomic E-state index is -0.918. The predicted octanol–water partition coefficient (Wildman–Crippen LogP) is 5.38. The number of aryl methyl sites for hydroxylation is 1. The molecule has 1 fully saturated rings. The molecule has 1 amide bonds. The van der Waals surface area contributed by atoms with E-state index in [1.54, 1.807) is 66.7 Å². The van der Waals surface area contributed by atoms with Crippen LogP contribution in [0.3, 0.4) is 0 Å². The highest BCUT2D eigenvalue weighted by Gasteiger charge is 2.47. The van der Waals surface area contributed by atoms with Crippen molar-refractivity contribution in [2.24, 2.45) is 5.92 Å². The maximum absolute atomic E-state index is 13.5. The number of amides is 1. The lowest BCUT2D eigenvalue weighted by Crippen LogP contribution is -2.29. The summed E-state index contributed by atoms with van der Waals surface area (Å²) in [7, 11) is 2.85. The molecule has 0 bridgehead atoms. The van der Waals surface area contributed by atoms with Crippen molar-refractivity contribution in [3.63, 3.8) is 0 Å². The zero-order valence-corrected chi connectivity index (χ0v) is 23.3. The molecule has 0 spiro atoms. The van der Waals surface area contributed by atoms with Crippen LogP contribution in [0, 0.1) is 12.8 Å². The van der Waals surface area contributed by atoms with Gasteiger partial charge in [-0.15, -0.1) is 0 Å². The molecule has 8 heteroatoms. The average Bonchev–Trinajstić information content (AvgIpc) is 3.22. The summed E-state index contributed by atoms with van der Waals surface area (Å²) in [5.74, 6) is -0.678. The van der Waals surface area contributed by atoms with Gasteiger partial charge in [0.05, 0.1) is 38.9 Å². The highest BCUT2D eigenvalue weighted by molar-refractivity contribution is 6.51. The van der Waals surface area contributed by atoms with Gasteiger partial charge in [0.15, 0.2) is 0 Å². The second kappa shape index (κ2) is 12.1. The van der Waals surface area contributed by atoms with Crippen molar-refractivity contribution in [3.05, 3.63) is 94.6 Å². The highest BCUT2D eigenvalue weighted by atomic mass is 16.5. The van der Waals surface area contributed by atoms with Gasteiger partial charge in [-0.25, -0.2) is 0 Å². The normalized spacial score (nSPS) is 16.4. The van der Waals surface area contributed by atoms with E-state index in [4.69, 9.17) is 14.2 Å². The van der Waals surface area contributed by atoms with Crippen molar-refractivity contribution < 1.29 is 33.7 Å². The van der Waals surface area contributed by atoms with Gasteiger partial charge in [0.25, 0.3) is 11.7 Å². The van der Waals surface area contributed by atoms with Gasteiger partial charge in [0, 0.05) is 11.3 Å². The van der Waals surface area contributed by atoms with Crippen LogP contribution < -0.4 is 14.4 Å². The topological polar surface area (TPSA) is 102 Å². The summed E-state index contributed by atoms with van der Waals surface area (Å²) >= 11 is 0. The van der Waals surface area contributed by atoms with Gasteiger partial charge in [-0.05, 0) is 72.0 Å². The van der Waals surface area contributed by atoms with Gasteiger partial charge < -0.3 is 19.3 Å². The first-order valence-electron chi connectivity index (χ1n) is 13.0. The standard InChI is InChI=1S/C32H33NO7/c1-19(2)18-40-26-14-11-23(15-20(26)3)30(35)28-29(22-7-6-8-25(17-22)38-4)33(32(37)31(28)36)24-12-9-21(10-13-24)16-27(34)39-5/h6-15,17,19,29,35H,16,18H2,1-5H3/b30-28-. The Balaban J connectivity index is 1.82. The van der Waals surface area contributed by atoms with Crippen LogP contribution in [0.5, 0.6) is 11.5 Å². The molecule has 3 aromatic rings. The van der Waals surface area contributed by atoms with Gasteiger partial charge >= 0.3 is 5.97 Å². The molecule has 1 heterocycles. The number of hydrogen-bond acceptors (Lipinski definition) is 7. The zero-order valence-electron chi connectivity index (χ0n) is 23.3. The number of esters is 1. The number of aliphatic hydroxyl groups is 1. The fraction of sp³-hybridized carbons (Fsp3) is 0.281. The van der Waals surface area contributed by atoms with Crippen molar-refractivity contribution in [3.8, 4) is 11.5 Å². The van der Waals surface area contributed by atoms with Crippen LogP contribution in [0.1, 0.15) is 42.1 Å². The molecule has 0 saturated carbocycles. The molecule has 40 heavy (non-hydrogen) atoms. The third-order valence-corrected chi connectivity index (χ3v) is 6.67. The number of nitrogens with zero attached hydrogens (tertiary/aromatic N) is 1. The van der Waals surface area contributed by atoms with E-state index >= 15 is 0 Å². The molecule has 1 N–H and O–H groups in total. The molecule has 1 atom stereocenters. The van der Waals surface area contributed by atoms with E-state index in [-0.39, 0.29) is 23.7 Å². The van der Waals surface area contributed by atoms with Crippen molar-refractivity contribution in [1.82, 2.24) is 0 Å². The Morgan fingerprint density at radius 2 is 1.73 bits per heavy atom. The maximum Gasteiger partial charge on any atom is 0.309 e. The van der Waals surface area contributed by atoms with Crippen molar-refractivity contribution in [1.29, 1.82) is 0 Å². The molecule has 0 aromatic heterocycles. The zero-order chi connectivity index (χ0) is 29.0. The number of rotatable bonds is 9. The fourth-order valence-corrected chi connectivity index (χ4v) is 4.61. The third kappa shape index (κ3) is 5.86. The Kier molecular flexibility index (Phi) is 8.58. The molecular formula is C32H33NO7. The van der Waals surface area contributed by atoms with Crippen molar-refractivity contribution in [2.75, 3.05) is 25.7 Å². The molecule has 1 aliphatic rings. The number of carbonyl (C=O) groups is 3. The summed E-state index contributed by atoms with van der Waals surface area (Å²) in [6.45, 7) is 6.52. The lowest BCUT2D eigenvalue weighted by atomic mass is 9.94. The molecule has 1 aliphatic heterocycles. The minimum Gasteiger partial charge on any atom is -0.507 e. The van der Waals surface area contributed by atoms with Crippen LogP contribution in [-0.2, 0) is 25.5 Å². The smallest absolute Gasteiger partial charge is 0.309 e. The largest absolute Gasteiger partial charge is 0.507 e. The second-order valence-electron chi connectivity index (χ2n) is 10.1. The van der Waals surface area contributed by atoms with E-state index in [9.17, 15) is 19.5 Å². The Morgan fingerprint density at radius 3 is 2.35 bits per heavy atom. The van der Waals surface area contributed by atoms with E-state index in [0.29, 0.717) is 46.4 Å². The van der Waals surface area contributed by atoms with Gasteiger partial charge in [0.1, 0.15) is 17.3 Å². The van der Waals surface area contributed by atoms with Crippen LogP contribution in [0.2, 0.25) is 0 Å². The molecule has 1 saturated heterocycles. The lowest BCUT2D eigenvalue weighted by Gasteiger charge is -2.26. The Morgan fingerprint density at radius 1 is 1.00 bits per heavy atom. The molecule has 3 aromatic carbocycles. The number of Topliss-reactive ketones (excluding diaryl/α,β-unsaturated/α-hetero) is 1. The summed E-state index contributed by atoms with van der Waals surface area (Å²) in [6, 6.07) is 18.0. The van der Waals surface area contributed by atoms with E-state index in [1.165, 1.54) is 19.1 Å². The third-order valence-electron chi connectivity index (χ3n) is 6.67. The van der Waals surface area contributed by atoms with Crippen LogP contribution in [0.25, 0.3) is 5.76 Å². The summed E-state index contributed by atoms with van der Waals surface area (Å²) in [5, 5.41) is 11.5. The summed E-state index contributed by atoms with van der Waals surface area (Å²) in [6.07, 6.45) is 0.0745. The summed E-state index contributed by atoms with van der Waals surface area (Å²) < 4.78 is 16.0. The highest BCUT2D eigenvalue weighted by Crippen LogP contribution is 2.43. The quantitative estimate of drug-likeness (QED) is 0.167. The number of benzene rings is 3. The number of methoxy groups -OCH3 is 2. The number of aliphatic hydroxyl groups excluding tert-OH is 1. The number of hydrogen-bond donors (Lipinski definition) is 1. The molecule has 8 nitrogen and oxygen atoms in total. The molecule has 4 rings (SSSR count). The van der Waals surface area contributed by atoms with Crippen LogP contribution in [0.15, 0.2) is 72.3 Å². The average molecular weight is 544 g/mol. The van der Waals surface area contributed by atoms with E-state index < -0.39 is 17.7 Å². The van der Waals surface area contributed by atoms with Crippen molar-refractivity contribution in [2.45, 2.75) is 33.2 Å². The number of ether oxygens (including phenoxy) is 3. The van der Waals surface area contributed by atoms with E-state index in [2.05, 4.69) is 13.8 Å². The van der Waals surface area contributed by atoms with Gasteiger partial charge in [-0.1, -0.05) is 38.1 Å². The molecule has 0 aliphatic carbocycles. The lowest BCUT2D eigenvalue weighted by molar-refractivity contribution is -0.139. The fourth-order valence-electron chi connectivity index (χ4n) is 4.61. The second-order valence-corrected chi connectivity index (χ2v) is 10.1. The molecule has 0 radical (unpaired) electrons. The summed E-state index contributed by atoms with van der Waals surface area (Å²) in [4.78, 5) is 40.0.